The Morgan fingerprint density at radius 2 is 2.11 bits per heavy atom. The van der Waals surface area contributed by atoms with Crippen LogP contribution in [0.3, 0.4) is 0 Å². The molecule has 0 saturated carbocycles. The van der Waals surface area contributed by atoms with E-state index in [1.54, 1.807) is 12.1 Å². The Morgan fingerprint density at radius 3 is 2.72 bits per heavy atom. The Bertz CT molecular complexity index is 594. The van der Waals surface area contributed by atoms with Gasteiger partial charge >= 0.3 is 0 Å². The lowest BCUT2D eigenvalue weighted by Gasteiger charge is -2.31. The Kier molecular flexibility index (Phi) is 2.14. The molecule has 1 aliphatic heterocycles. The summed E-state index contributed by atoms with van der Waals surface area (Å²) in [6.07, 6.45) is 0. The van der Waals surface area contributed by atoms with Crippen LogP contribution in [-0.2, 0) is 0 Å². The third kappa shape index (κ3) is 2.64. The fraction of sp³-hybridized carbons (Fsp3) is 0.500. The van der Waals surface area contributed by atoms with Crippen LogP contribution in [0.2, 0.25) is 0 Å². The summed E-state index contributed by atoms with van der Waals surface area (Å²) in [7, 11) is 0. The number of nitrogens with zero attached hydrogens (tertiary/aromatic N) is 2. The van der Waals surface area contributed by atoms with Crippen LogP contribution in [0, 0.1) is 6.92 Å². The molecule has 1 aromatic rings. The molecule has 0 aromatic heterocycles. The summed E-state index contributed by atoms with van der Waals surface area (Å²) in [5, 5.41) is 3.25. The number of aryl methyl sites for hydroxylation is 1. The molecular formula is C14H21N3O. The Morgan fingerprint density at radius 1 is 1.39 bits per heavy atom. The van der Waals surface area contributed by atoms with Crippen LogP contribution in [0.1, 0.15) is 24.1 Å². The second-order valence-electron chi connectivity index (χ2n) is 4.38. The monoisotopic (exact) mass is 253 g/mol. The number of piperazine rings is 1. The highest BCUT2D eigenvalue weighted by molar-refractivity contribution is 5.94. The van der Waals surface area contributed by atoms with Gasteiger partial charge < -0.3 is 15.1 Å². The van der Waals surface area contributed by atoms with Crippen LogP contribution in [0.5, 0.6) is 0 Å². The maximum absolute atomic E-state index is 12.5. The van der Waals surface area contributed by atoms with Crippen LogP contribution in [0.4, 0.5) is 5.69 Å². The lowest BCUT2D eigenvalue weighted by atomic mass is 10.1. The van der Waals surface area contributed by atoms with Crippen molar-refractivity contribution in [2.45, 2.75) is 6.92 Å². The first-order chi connectivity index (χ1) is 11.0. The van der Waals surface area contributed by atoms with Crippen molar-refractivity contribution in [3.05, 3.63) is 29.3 Å². The predicted octanol–water partition coefficient (Wildman–Crippen LogP) is 1.11. The molecule has 1 aromatic carbocycles. The summed E-state index contributed by atoms with van der Waals surface area (Å²) >= 11 is 0. The molecule has 1 amide bonds. The summed E-state index contributed by atoms with van der Waals surface area (Å²) in [5.41, 5.74) is 1.82. The zero-order valence-electron chi connectivity index (χ0n) is 16.4. The van der Waals surface area contributed by atoms with Gasteiger partial charge in [0.25, 0.3) is 5.91 Å². The number of nitrogens with one attached hydrogen (secondary N) is 1. The van der Waals surface area contributed by atoms with E-state index in [0.717, 1.165) is 37.4 Å². The highest BCUT2D eigenvalue weighted by Crippen LogP contribution is 2.22. The van der Waals surface area contributed by atoms with Crippen LogP contribution in [-0.4, -0.2) is 50.9 Å². The molecular weight excluding hydrogens is 226 g/mol. The summed E-state index contributed by atoms with van der Waals surface area (Å²) in [4.78, 5) is 14.6. The van der Waals surface area contributed by atoms with Crippen molar-refractivity contribution in [2.24, 2.45) is 0 Å². The highest BCUT2D eigenvalue weighted by atomic mass is 16.2. The molecule has 0 aliphatic carbocycles. The molecule has 0 unspecified atom stereocenters. The normalized spacial score (nSPS) is 21.9. The van der Waals surface area contributed by atoms with E-state index in [0.29, 0.717) is 0 Å². The third-order valence-corrected chi connectivity index (χ3v) is 3.10. The smallest absolute Gasteiger partial charge is 0.253 e. The van der Waals surface area contributed by atoms with Crippen LogP contribution in [0.25, 0.3) is 0 Å². The minimum absolute atomic E-state index is 0.0146. The Balaban J connectivity index is 2.31. The summed E-state index contributed by atoms with van der Waals surface area (Å²) in [6, 6.07) is 4.77. The average Bonchev–Trinajstić information content (AvgIpc) is 2.45. The van der Waals surface area contributed by atoms with Gasteiger partial charge in [-0.1, -0.05) is 0 Å². The molecule has 0 spiro atoms. The zero-order chi connectivity index (χ0) is 18.1. The number of carbonyl (C=O) groups excluding carboxylic acids is 1. The van der Waals surface area contributed by atoms with Crippen molar-refractivity contribution in [1.82, 2.24) is 10.2 Å². The van der Waals surface area contributed by atoms with E-state index in [1.807, 2.05) is 6.92 Å². The molecule has 1 N–H and O–H groups in total. The quantitative estimate of drug-likeness (QED) is 0.857. The first-order valence-electron chi connectivity index (χ1n) is 8.93. The van der Waals surface area contributed by atoms with Crippen molar-refractivity contribution in [2.75, 3.05) is 45.0 Å². The topological polar surface area (TPSA) is 35.6 Å². The van der Waals surface area contributed by atoms with Gasteiger partial charge in [0, 0.05) is 59.6 Å². The van der Waals surface area contributed by atoms with Crippen LogP contribution in [0.15, 0.2) is 18.2 Å². The maximum atomic E-state index is 12.5. The zero-order valence-corrected chi connectivity index (χ0v) is 10.4. The lowest BCUT2D eigenvalue weighted by molar-refractivity contribution is 0.0827. The largest absolute Gasteiger partial charge is 0.369 e. The fourth-order valence-electron chi connectivity index (χ4n) is 2.18. The van der Waals surface area contributed by atoms with E-state index in [-0.39, 0.29) is 10.5 Å². The number of carbonyl (C=O) groups is 1. The average molecular weight is 253 g/mol. The van der Waals surface area contributed by atoms with Crippen LogP contribution < -0.4 is 10.2 Å². The molecule has 4 nitrogen and oxygen atoms in total. The van der Waals surface area contributed by atoms with Gasteiger partial charge in [-0.25, -0.2) is 0 Å². The van der Waals surface area contributed by atoms with Crippen molar-refractivity contribution in [3.63, 3.8) is 0 Å². The minimum Gasteiger partial charge on any atom is -0.369 e. The Labute approximate surface area is 117 Å². The molecule has 18 heavy (non-hydrogen) atoms. The number of rotatable bonds is 2. The maximum Gasteiger partial charge on any atom is 0.253 e. The lowest BCUT2D eigenvalue weighted by Crippen LogP contribution is -2.43. The summed E-state index contributed by atoms with van der Waals surface area (Å²) in [5.74, 6) is -1.02. The fourth-order valence-corrected chi connectivity index (χ4v) is 2.18. The third-order valence-electron chi connectivity index (χ3n) is 3.10. The van der Waals surface area contributed by atoms with E-state index >= 15 is 0 Å². The number of hydrogen-bond donors (Lipinski definition) is 1. The van der Waals surface area contributed by atoms with Gasteiger partial charge in [-0.2, -0.15) is 0 Å². The summed E-state index contributed by atoms with van der Waals surface area (Å²) < 4.78 is 44.1. The molecule has 1 saturated heterocycles. The number of amides is 1. The van der Waals surface area contributed by atoms with E-state index < -0.39 is 19.9 Å². The molecule has 98 valence electrons. The second kappa shape index (κ2) is 5.40. The van der Waals surface area contributed by atoms with Gasteiger partial charge in [0.2, 0.25) is 0 Å². The standard InChI is InChI=1S/C14H21N3O/c1-11-10-12(14(18)16(2)3)4-5-13(11)17-8-6-15-7-9-17/h4-5,10,15H,6-9H2,1-3H3/i2D3,3D3. The summed E-state index contributed by atoms with van der Waals surface area (Å²) in [6.45, 7) is -0.836. The van der Waals surface area contributed by atoms with Gasteiger partial charge in [0.15, 0.2) is 0 Å². The van der Waals surface area contributed by atoms with Crippen LogP contribution >= 0.6 is 0 Å². The van der Waals surface area contributed by atoms with Gasteiger partial charge in [-0.15, -0.1) is 0 Å². The van der Waals surface area contributed by atoms with Crippen molar-refractivity contribution in [1.29, 1.82) is 0 Å². The first-order valence-corrected chi connectivity index (χ1v) is 5.93. The molecule has 1 heterocycles. The highest BCUT2D eigenvalue weighted by Gasteiger charge is 2.14. The van der Waals surface area contributed by atoms with Crippen molar-refractivity contribution >= 4 is 11.6 Å². The van der Waals surface area contributed by atoms with E-state index in [2.05, 4.69) is 10.2 Å². The SMILES string of the molecule is [2H]C([2H])([2H])N(C(=O)c1ccc(N2CCNCC2)c(C)c1)C([2H])([2H])[2H]. The molecule has 0 radical (unpaired) electrons. The van der Waals surface area contributed by atoms with Crippen molar-refractivity contribution in [3.8, 4) is 0 Å². The van der Waals surface area contributed by atoms with E-state index in [4.69, 9.17) is 8.22 Å². The van der Waals surface area contributed by atoms with E-state index in [1.165, 1.54) is 6.07 Å². The van der Waals surface area contributed by atoms with E-state index in [9.17, 15) is 4.79 Å². The van der Waals surface area contributed by atoms with Gasteiger partial charge in [-0.3, -0.25) is 4.79 Å². The molecule has 1 aliphatic rings. The molecule has 0 bridgehead atoms. The van der Waals surface area contributed by atoms with Gasteiger partial charge in [-0.05, 0) is 30.7 Å². The number of anilines is 1. The van der Waals surface area contributed by atoms with Gasteiger partial charge in [0.1, 0.15) is 0 Å². The minimum atomic E-state index is -3.03. The Hall–Kier alpha value is -1.55. The molecule has 0 atom stereocenters. The molecule has 4 heteroatoms. The second-order valence-corrected chi connectivity index (χ2v) is 4.38. The number of benzene rings is 1. The first kappa shape index (κ1) is 7.14. The van der Waals surface area contributed by atoms with Gasteiger partial charge in [0.05, 0.1) is 0 Å². The predicted molar refractivity (Wildman–Crippen MR) is 74.3 cm³/mol. The van der Waals surface area contributed by atoms with Crippen molar-refractivity contribution < 1.29 is 13.0 Å². The molecule has 2 rings (SSSR count). The molecule has 1 fully saturated rings. The number of hydrogen-bond acceptors (Lipinski definition) is 3.